The fraction of sp³-hybridized carbons (Fsp3) is 0.774. The highest BCUT2D eigenvalue weighted by Gasteiger charge is 2.55. The summed E-state index contributed by atoms with van der Waals surface area (Å²) in [6, 6.07) is 0.0875. The Morgan fingerprint density at radius 1 is 1.21 bits per heavy atom. The van der Waals surface area contributed by atoms with Crippen molar-refractivity contribution in [3.8, 4) is 5.88 Å². The molecule has 0 aliphatic heterocycles. The molecule has 5 saturated carbocycles. The number of rotatable bonds is 11. The van der Waals surface area contributed by atoms with E-state index in [0.717, 1.165) is 38.5 Å². The number of hydrogen-bond donors (Lipinski definition) is 3. The molecular weight excluding hydrogens is 492 g/mol. The molecule has 2 atom stereocenters. The maximum Gasteiger partial charge on any atom is 0.258 e. The van der Waals surface area contributed by atoms with Gasteiger partial charge in [0.2, 0.25) is 11.8 Å². The number of aromatic nitrogens is 2. The topological polar surface area (TPSA) is 105 Å². The maximum atomic E-state index is 13.5. The van der Waals surface area contributed by atoms with Crippen LogP contribution in [-0.4, -0.2) is 50.5 Å². The first kappa shape index (κ1) is 28.2. The van der Waals surface area contributed by atoms with E-state index in [1.54, 1.807) is 17.1 Å². The molecule has 2 amide bonds. The molecule has 6 rings (SSSR count). The fourth-order valence-electron chi connectivity index (χ4n) is 7.80. The minimum Gasteiger partial charge on any atom is -0.477 e. The standard InChI is InChI=1S/C31H48N4O4/c1-20(2)19-39-29-25(28(37)33-27-23-13-22-14-24(27)17-31(38,15-22)16-23)18-32-35(29)12-11-30(3,4)34-26(36)10-9-21-7-5-6-8-21/h11-12,18,20-24,27,38H,5-10,13-17,19H2,1-4H3,(H,33,37)(H,34,36). The smallest absolute Gasteiger partial charge is 0.258 e. The third-order valence-corrected chi connectivity index (χ3v) is 9.43. The molecule has 5 aliphatic rings. The number of carbonyl (C=O) groups excluding carboxylic acids is 2. The van der Waals surface area contributed by atoms with Crippen LogP contribution in [0.2, 0.25) is 0 Å². The molecule has 216 valence electrons. The first-order valence-electron chi connectivity index (χ1n) is 15.2. The largest absolute Gasteiger partial charge is 0.477 e. The van der Waals surface area contributed by atoms with Gasteiger partial charge in [0.15, 0.2) is 0 Å². The lowest BCUT2D eigenvalue weighted by molar-refractivity contribution is -0.137. The lowest BCUT2D eigenvalue weighted by atomic mass is 9.52. The van der Waals surface area contributed by atoms with Crippen molar-refractivity contribution in [3.05, 3.63) is 17.8 Å². The van der Waals surface area contributed by atoms with E-state index in [2.05, 4.69) is 29.6 Å². The van der Waals surface area contributed by atoms with Crippen molar-refractivity contribution in [2.24, 2.45) is 29.6 Å². The van der Waals surface area contributed by atoms with Gasteiger partial charge >= 0.3 is 0 Å². The van der Waals surface area contributed by atoms with Gasteiger partial charge in [-0.3, -0.25) is 9.59 Å². The zero-order valence-corrected chi connectivity index (χ0v) is 24.2. The Morgan fingerprint density at radius 2 is 1.90 bits per heavy atom. The van der Waals surface area contributed by atoms with Crippen molar-refractivity contribution in [2.75, 3.05) is 6.61 Å². The first-order chi connectivity index (χ1) is 18.5. The molecule has 1 aromatic heterocycles. The fourth-order valence-corrected chi connectivity index (χ4v) is 7.80. The summed E-state index contributed by atoms with van der Waals surface area (Å²) in [4.78, 5) is 26.2. The number of carbonyl (C=O) groups is 2. The minimum absolute atomic E-state index is 0.0636. The third kappa shape index (κ3) is 6.69. The van der Waals surface area contributed by atoms with Gasteiger partial charge in [0.05, 0.1) is 23.9 Å². The summed E-state index contributed by atoms with van der Waals surface area (Å²) in [6.07, 6.45) is 16.5. The van der Waals surface area contributed by atoms with Gasteiger partial charge in [-0.25, -0.2) is 4.68 Å². The average molecular weight is 541 g/mol. The second-order valence-electron chi connectivity index (χ2n) is 14.0. The quantitative estimate of drug-likeness (QED) is 0.369. The monoisotopic (exact) mass is 540 g/mol. The van der Waals surface area contributed by atoms with E-state index >= 15 is 0 Å². The van der Waals surface area contributed by atoms with Crippen LogP contribution >= 0.6 is 0 Å². The summed E-state index contributed by atoms with van der Waals surface area (Å²) in [7, 11) is 0. The Hall–Kier alpha value is -2.35. The van der Waals surface area contributed by atoms with Crippen molar-refractivity contribution in [2.45, 2.75) is 116 Å². The van der Waals surface area contributed by atoms with Gasteiger partial charge in [-0.1, -0.05) is 39.5 Å². The Morgan fingerprint density at radius 3 is 2.54 bits per heavy atom. The highest BCUT2D eigenvalue weighted by atomic mass is 16.5. The second-order valence-corrected chi connectivity index (χ2v) is 14.0. The van der Waals surface area contributed by atoms with Gasteiger partial charge in [-0.2, -0.15) is 5.10 Å². The lowest BCUT2D eigenvalue weighted by Crippen LogP contribution is -2.61. The molecule has 0 radical (unpaired) electrons. The van der Waals surface area contributed by atoms with Gasteiger partial charge in [0.1, 0.15) is 5.56 Å². The van der Waals surface area contributed by atoms with Gasteiger partial charge < -0.3 is 20.5 Å². The summed E-state index contributed by atoms with van der Waals surface area (Å²) < 4.78 is 7.72. The van der Waals surface area contributed by atoms with Crippen molar-refractivity contribution in [1.29, 1.82) is 0 Å². The second kappa shape index (κ2) is 11.3. The minimum atomic E-state index is -0.572. The molecule has 39 heavy (non-hydrogen) atoms. The molecule has 0 saturated heterocycles. The maximum absolute atomic E-state index is 13.5. The molecule has 8 nitrogen and oxygen atoms in total. The molecule has 0 spiro atoms. The number of amides is 2. The molecule has 1 aromatic rings. The van der Waals surface area contributed by atoms with Crippen LogP contribution < -0.4 is 15.4 Å². The zero-order chi connectivity index (χ0) is 27.8. The Labute approximate surface area is 233 Å². The molecule has 2 unspecified atom stereocenters. The summed E-state index contributed by atoms with van der Waals surface area (Å²) in [5, 5.41) is 21.8. The van der Waals surface area contributed by atoms with Crippen molar-refractivity contribution in [3.63, 3.8) is 0 Å². The van der Waals surface area contributed by atoms with E-state index < -0.39 is 11.1 Å². The number of ether oxygens (including phenoxy) is 1. The van der Waals surface area contributed by atoms with Crippen LogP contribution in [0.1, 0.15) is 109 Å². The Balaban J connectivity index is 1.25. The van der Waals surface area contributed by atoms with Gasteiger partial charge in [0.25, 0.3) is 5.91 Å². The summed E-state index contributed by atoms with van der Waals surface area (Å²) in [5.74, 6) is 2.54. The van der Waals surface area contributed by atoms with Crippen LogP contribution in [0.4, 0.5) is 0 Å². The van der Waals surface area contributed by atoms with E-state index in [1.807, 2.05) is 19.9 Å². The molecule has 5 fully saturated rings. The van der Waals surface area contributed by atoms with E-state index in [0.29, 0.717) is 48.1 Å². The molecule has 4 bridgehead atoms. The van der Waals surface area contributed by atoms with Crippen LogP contribution in [0, 0.1) is 29.6 Å². The van der Waals surface area contributed by atoms with Gasteiger partial charge in [-0.15, -0.1) is 0 Å². The number of hydrogen-bond acceptors (Lipinski definition) is 5. The SMILES string of the molecule is CC(C)COc1c(C(=O)NC2C3CC4CC2CC(O)(C4)C3)cnn1C=CC(C)(C)NC(=O)CCC1CCCC1. The summed E-state index contributed by atoms with van der Waals surface area (Å²) in [5.41, 5.74) is -0.680. The Bertz CT molecular complexity index is 1050. The van der Waals surface area contributed by atoms with Crippen LogP contribution in [-0.2, 0) is 4.79 Å². The van der Waals surface area contributed by atoms with Crippen LogP contribution in [0.3, 0.4) is 0 Å². The average Bonchev–Trinajstić information content (AvgIpc) is 3.51. The predicted octanol–water partition coefficient (Wildman–Crippen LogP) is 4.92. The summed E-state index contributed by atoms with van der Waals surface area (Å²) >= 11 is 0. The zero-order valence-electron chi connectivity index (χ0n) is 24.2. The van der Waals surface area contributed by atoms with E-state index in [9.17, 15) is 14.7 Å². The molecule has 5 aliphatic carbocycles. The molecular formula is C31H48N4O4. The van der Waals surface area contributed by atoms with E-state index in [1.165, 1.54) is 25.7 Å². The third-order valence-electron chi connectivity index (χ3n) is 9.43. The van der Waals surface area contributed by atoms with Crippen molar-refractivity contribution >= 4 is 18.0 Å². The number of aliphatic hydroxyl groups is 1. The number of nitrogens with zero attached hydrogens (tertiary/aromatic N) is 2. The van der Waals surface area contributed by atoms with Crippen LogP contribution in [0.15, 0.2) is 12.3 Å². The lowest BCUT2D eigenvalue weighted by Gasteiger charge is -2.58. The van der Waals surface area contributed by atoms with Crippen molar-refractivity contribution < 1.29 is 19.4 Å². The van der Waals surface area contributed by atoms with E-state index in [-0.39, 0.29) is 23.8 Å². The molecule has 0 aromatic carbocycles. The van der Waals surface area contributed by atoms with Crippen molar-refractivity contribution in [1.82, 2.24) is 20.4 Å². The number of nitrogens with one attached hydrogen (secondary N) is 2. The highest BCUT2D eigenvalue weighted by Crippen LogP contribution is 2.55. The van der Waals surface area contributed by atoms with Gasteiger partial charge in [-0.05, 0) is 88.0 Å². The highest BCUT2D eigenvalue weighted by molar-refractivity contribution is 5.96. The van der Waals surface area contributed by atoms with Gasteiger partial charge in [0, 0.05) is 18.7 Å². The van der Waals surface area contributed by atoms with Crippen LogP contribution in [0.5, 0.6) is 5.88 Å². The molecule has 8 heteroatoms. The first-order valence-corrected chi connectivity index (χ1v) is 15.2. The van der Waals surface area contributed by atoms with E-state index in [4.69, 9.17) is 4.74 Å². The van der Waals surface area contributed by atoms with Crippen LogP contribution in [0.25, 0.3) is 6.20 Å². The normalized spacial score (nSPS) is 30.4. The molecule has 1 heterocycles. The Kier molecular flexibility index (Phi) is 8.14. The summed E-state index contributed by atoms with van der Waals surface area (Å²) in [6.45, 7) is 8.52. The predicted molar refractivity (Wildman–Crippen MR) is 151 cm³/mol. The molecule has 3 N–H and O–H groups in total.